The number of nitro groups is 1. The summed E-state index contributed by atoms with van der Waals surface area (Å²) < 4.78 is 6.74. The fourth-order valence-corrected chi connectivity index (χ4v) is 3.29. The molecule has 1 aromatic heterocycles. The summed E-state index contributed by atoms with van der Waals surface area (Å²) >= 11 is 0. The molecule has 4 rings (SSSR count). The lowest BCUT2D eigenvalue weighted by atomic mass is 10.2. The van der Waals surface area contributed by atoms with E-state index < -0.39 is 16.2 Å². The van der Waals surface area contributed by atoms with E-state index in [-0.39, 0.29) is 12.3 Å². The molecule has 0 saturated carbocycles. The number of aromatic nitrogens is 2. The number of H-pyrrole nitrogens is 1. The molecular formula is C24H21N5O5. The minimum absolute atomic E-state index is 0.00257. The van der Waals surface area contributed by atoms with Gasteiger partial charge in [-0.1, -0.05) is 12.1 Å². The highest BCUT2D eigenvalue weighted by molar-refractivity contribution is 5.85. The van der Waals surface area contributed by atoms with Gasteiger partial charge < -0.3 is 14.6 Å². The molecule has 172 valence electrons. The number of fused-ring (bicyclic) bond motifs is 1. The zero-order chi connectivity index (χ0) is 24.2. The molecule has 0 radical (unpaired) electrons. The van der Waals surface area contributed by atoms with Crippen molar-refractivity contribution in [3.05, 3.63) is 109 Å². The maximum absolute atomic E-state index is 12.7. The van der Waals surface area contributed by atoms with E-state index in [0.717, 1.165) is 15.9 Å². The van der Waals surface area contributed by atoms with Gasteiger partial charge in [0.15, 0.2) is 0 Å². The van der Waals surface area contributed by atoms with Crippen molar-refractivity contribution >= 4 is 28.5 Å². The third kappa shape index (κ3) is 4.70. The number of hydrogen-bond acceptors (Lipinski definition) is 7. The maximum atomic E-state index is 12.7. The lowest BCUT2D eigenvalue weighted by Crippen LogP contribution is -2.32. The van der Waals surface area contributed by atoms with Gasteiger partial charge in [-0.25, -0.2) is 4.79 Å². The topological polar surface area (TPSA) is 123 Å². The van der Waals surface area contributed by atoms with Crippen LogP contribution >= 0.6 is 0 Å². The van der Waals surface area contributed by atoms with Crippen LogP contribution in [0.1, 0.15) is 11.1 Å². The Morgan fingerprint density at radius 2 is 1.82 bits per heavy atom. The van der Waals surface area contributed by atoms with Crippen molar-refractivity contribution in [2.24, 2.45) is 5.10 Å². The summed E-state index contributed by atoms with van der Waals surface area (Å²) in [6.45, 7) is 0.159. The summed E-state index contributed by atoms with van der Waals surface area (Å²) in [5.74, 6) is 0.471. The number of rotatable bonds is 7. The summed E-state index contributed by atoms with van der Waals surface area (Å²) in [5, 5.41) is 15.3. The predicted octanol–water partition coefficient (Wildman–Crippen LogP) is 3.13. The van der Waals surface area contributed by atoms with Gasteiger partial charge in [0.2, 0.25) is 0 Å². The first-order chi connectivity index (χ1) is 16.3. The molecule has 0 unspecified atom stereocenters. The number of para-hydroxylation sites is 1. The average Bonchev–Trinajstić information content (AvgIpc) is 2.83. The lowest BCUT2D eigenvalue weighted by Gasteiger charge is -2.16. The minimum atomic E-state index is -0.654. The number of non-ortho nitro benzene ring substituents is 1. The van der Waals surface area contributed by atoms with Crippen LogP contribution in [0, 0.1) is 10.1 Å². The third-order valence-electron chi connectivity index (χ3n) is 5.15. The van der Waals surface area contributed by atoms with Crippen molar-refractivity contribution in [1.29, 1.82) is 0 Å². The van der Waals surface area contributed by atoms with E-state index in [1.54, 1.807) is 48.5 Å². The minimum Gasteiger partial charge on any atom is -0.488 e. The predicted molar refractivity (Wildman–Crippen MR) is 130 cm³/mol. The van der Waals surface area contributed by atoms with Crippen LogP contribution in [0.3, 0.4) is 0 Å². The summed E-state index contributed by atoms with van der Waals surface area (Å²) in [4.78, 5) is 40.1. The van der Waals surface area contributed by atoms with Crippen LogP contribution in [0.5, 0.6) is 5.75 Å². The summed E-state index contributed by atoms with van der Waals surface area (Å²) in [6, 6.07) is 18.2. The van der Waals surface area contributed by atoms with Crippen LogP contribution in [-0.4, -0.2) is 34.9 Å². The second kappa shape index (κ2) is 9.41. The zero-order valence-corrected chi connectivity index (χ0v) is 18.5. The molecule has 1 N–H and O–H groups in total. The summed E-state index contributed by atoms with van der Waals surface area (Å²) in [5.41, 5.74) is 1.41. The number of nitrogens with one attached hydrogen (secondary N) is 1. The Hall–Kier alpha value is -4.73. The van der Waals surface area contributed by atoms with E-state index in [1.165, 1.54) is 18.3 Å². The smallest absolute Gasteiger partial charge is 0.349 e. The molecule has 1 heterocycles. The Morgan fingerprint density at radius 1 is 1.09 bits per heavy atom. The summed E-state index contributed by atoms with van der Waals surface area (Å²) in [6.07, 6.45) is 1.38. The number of hydrogen-bond donors (Lipinski definition) is 1. The lowest BCUT2D eigenvalue weighted by molar-refractivity contribution is -0.384. The number of anilines is 1. The fraction of sp³-hybridized carbons (Fsp3) is 0.125. The molecule has 10 nitrogen and oxygen atoms in total. The van der Waals surface area contributed by atoms with Gasteiger partial charge in [-0.05, 0) is 42.0 Å². The van der Waals surface area contributed by atoms with Gasteiger partial charge in [-0.3, -0.25) is 14.9 Å². The molecule has 3 aromatic carbocycles. The molecule has 0 aliphatic heterocycles. The van der Waals surface area contributed by atoms with Gasteiger partial charge in [-0.15, -0.1) is 4.68 Å². The Morgan fingerprint density at radius 3 is 2.53 bits per heavy atom. The molecule has 0 saturated heterocycles. The molecule has 0 spiro atoms. The van der Waals surface area contributed by atoms with Crippen molar-refractivity contribution < 1.29 is 9.66 Å². The highest BCUT2D eigenvalue weighted by Crippen LogP contribution is 2.25. The number of nitrogens with zero attached hydrogens (tertiary/aromatic N) is 4. The first-order valence-electron chi connectivity index (χ1n) is 10.3. The van der Waals surface area contributed by atoms with Gasteiger partial charge in [0.1, 0.15) is 12.4 Å². The zero-order valence-electron chi connectivity index (χ0n) is 18.5. The number of ether oxygens (including phenoxy) is 1. The van der Waals surface area contributed by atoms with Crippen molar-refractivity contribution in [3.63, 3.8) is 0 Å². The monoisotopic (exact) mass is 459 g/mol. The van der Waals surface area contributed by atoms with E-state index in [2.05, 4.69) is 10.1 Å². The summed E-state index contributed by atoms with van der Waals surface area (Å²) in [7, 11) is 3.77. The number of benzene rings is 3. The normalized spacial score (nSPS) is 11.1. The molecule has 0 amide bonds. The van der Waals surface area contributed by atoms with Crippen LogP contribution in [0.4, 0.5) is 11.4 Å². The molecule has 4 aromatic rings. The molecule has 0 aliphatic carbocycles. The van der Waals surface area contributed by atoms with Crippen LogP contribution in [0.2, 0.25) is 0 Å². The highest BCUT2D eigenvalue weighted by atomic mass is 16.6. The van der Waals surface area contributed by atoms with Crippen molar-refractivity contribution in [3.8, 4) is 5.75 Å². The van der Waals surface area contributed by atoms with Crippen LogP contribution in [0.15, 0.2) is 81.4 Å². The van der Waals surface area contributed by atoms with Crippen molar-refractivity contribution in [2.75, 3.05) is 19.0 Å². The van der Waals surface area contributed by atoms with E-state index in [1.807, 2.05) is 25.1 Å². The second-order valence-corrected chi connectivity index (χ2v) is 7.67. The molecule has 10 heteroatoms. The fourth-order valence-electron chi connectivity index (χ4n) is 3.29. The number of aromatic amines is 1. The quantitative estimate of drug-likeness (QED) is 0.257. The van der Waals surface area contributed by atoms with Crippen molar-refractivity contribution in [1.82, 2.24) is 9.66 Å². The molecule has 34 heavy (non-hydrogen) atoms. The Labute approximate surface area is 193 Å². The van der Waals surface area contributed by atoms with E-state index in [0.29, 0.717) is 22.2 Å². The molecule has 0 atom stereocenters. The highest BCUT2D eigenvalue weighted by Gasteiger charge is 2.10. The second-order valence-electron chi connectivity index (χ2n) is 7.67. The van der Waals surface area contributed by atoms with E-state index >= 15 is 0 Å². The molecular weight excluding hydrogens is 438 g/mol. The van der Waals surface area contributed by atoms with Gasteiger partial charge in [0, 0.05) is 43.5 Å². The Balaban J connectivity index is 1.66. The van der Waals surface area contributed by atoms with Gasteiger partial charge in [-0.2, -0.15) is 5.10 Å². The Kier molecular flexibility index (Phi) is 6.22. The van der Waals surface area contributed by atoms with Crippen LogP contribution in [0.25, 0.3) is 10.9 Å². The third-order valence-corrected chi connectivity index (χ3v) is 5.15. The van der Waals surface area contributed by atoms with Crippen LogP contribution in [-0.2, 0) is 6.61 Å². The first-order valence-corrected chi connectivity index (χ1v) is 10.3. The molecule has 0 aliphatic rings. The van der Waals surface area contributed by atoms with E-state index in [9.17, 15) is 19.7 Å². The van der Waals surface area contributed by atoms with Gasteiger partial charge in [0.25, 0.3) is 11.2 Å². The SMILES string of the molecule is CN(C)c1ccc(C=Nn2c(=O)[nH]c3ccccc3c2=O)c(OCc2ccc([N+](=O)[O-])cc2)c1. The Bertz CT molecular complexity index is 1500. The molecule has 0 bridgehead atoms. The maximum Gasteiger partial charge on any atom is 0.349 e. The standard InChI is InChI=1S/C24H21N5O5/c1-27(2)19-12-9-17(22(13-19)34-15-16-7-10-18(11-8-16)29(32)33)14-25-28-23(30)20-5-3-4-6-21(20)26-24(28)31/h3-14H,15H2,1-2H3,(H,26,31). The van der Waals surface area contributed by atoms with Crippen molar-refractivity contribution in [2.45, 2.75) is 6.61 Å². The van der Waals surface area contributed by atoms with Gasteiger partial charge in [0.05, 0.1) is 22.0 Å². The van der Waals surface area contributed by atoms with E-state index in [4.69, 9.17) is 4.74 Å². The first kappa shape index (κ1) is 22.5. The van der Waals surface area contributed by atoms with Crippen LogP contribution < -0.4 is 20.9 Å². The number of nitro benzene ring substituents is 1. The molecule has 0 fully saturated rings. The largest absolute Gasteiger partial charge is 0.488 e. The van der Waals surface area contributed by atoms with Gasteiger partial charge >= 0.3 is 5.69 Å². The average molecular weight is 459 g/mol.